The van der Waals surface area contributed by atoms with Crippen molar-refractivity contribution in [1.82, 2.24) is 5.32 Å². The van der Waals surface area contributed by atoms with Crippen LogP contribution in [0.2, 0.25) is 5.02 Å². The second kappa shape index (κ2) is 6.15. The Hall–Kier alpha value is -0.900. The zero-order chi connectivity index (χ0) is 12.1. The number of nitrogens with one attached hydrogen (secondary N) is 1. The molecule has 17 heavy (non-hydrogen) atoms. The van der Waals surface area contributed by atoms with E-state index in [-0.39, 0.29) is 11.8 Å². The number of rotatable bonds is 4. The summed E-state index contributed by atoms with van der Waals surface area (Å²) in [5.41, 5.74) is 1.01. The van der Waals surface area contributed by atoms with Gasteiger partial charge in [0.25, 0.3) is 0 Å². The molecule has 1 saturated heterocycles. The van der Waals surface area contributed by atoms with Gasteiger partial charge in [0.15, 0.2) is 0 Å². The molecule has 1 unspecified atom stereocenters. The summed E-state index contributed by atoms with van der Waals surface area (Å²) in [7, 11) is 0. The first-order valence-electron chi connectivity index (χ1n) is 5.81. The molecule has 1 aromatic carbocycles. The van der Waals surface area contributed by atoms with Crippen molar-refractivity contribution in [1.29, 1.82) is 0 Å². The van der Waals surface area contributed by atoms with Crippen molar-refractivity contribution in [3.63, 3.8) is 0 Å². The molecule has 4 heteroatoms. The molecule has 0 spiro atoms. The van der Waals surface area contributed by atoms with Crippen LogP contribution in [0, 0.1) is 0 Å². The number of ether oxygens (including phenoxy) is 1. The van der Waals surface area contributed by atoms with Gasteiger partial charge in [0, 0.05) is 30.5 Å². The number of morpholine rings is 1. The molecule has 3 nitrogen and oxygen atoms in total. The molecule has 1 fully saturated rings. The lowest BCUT2D eigenvalue weighted by molar-refractivity contribution is -0.119. The second-order valence-corrected chi connectivity index (χ2v) is 4.71. The smallest absolute Gasteiger partial charge is 0.138 e. The van der Waals surface area contributed by atoms with Gasteiger partial charge >= 0.3 is 0 Å². The van der Waals surface area contributed by atoms with Gasteiger partial charge in [-0.25, -0.2) is 0 Å². The first-order valence-corrected chi connectivity index (χ1v) is 6.19. The number of carbonyl (C=O) groups is 1. The highest BCUT2D eigenvalue weighted by molar-refractivity contribution is 6.30. The van der Waals surface area contributed by atoms with Crippen LogP contribution in [0.3, 0.4) is 0 Å². The standard InChI is InChI=1S/C13H16ClNO2/c14-11-3-1-10(2-4-11)7-13(16)8-12-9-17-6-5-15-12/h1-4,12,15H,5-9H2. The molecule has 2 rings (SSSR count). The number of carbonyl (C=O) groups excluding carboxylic acids is 1. The first kappa shape index (κ1) is 12.6. The lowest BCUT2D eigenvalue weighted by Gasteiger charge is -2.23. The maximum Gasteiger partial charge on any atom is 0.138 e. The Labute approximate surface area is 106 Å². The number of halogens is 1. The molecule has 1 aliphatic heterocycles. The van der Waals surface area contributed by atoms with Crippen molar-refractivity contribution < 1.29 is 9.53 Å². The third-order valence-electron chi connectivity index (χ3n) is 2.79. The van der Waals surface area contributed by atoms with E-state index in [9.17, 15) is 4.79 Å². The Balaban J connectivity index is 1.82. The van der Waals surface area contributed by atoms with Crippen LogP contribution in [0.15, 0.2) is 24.3 Å². The highest BCUT2D eigenvalue weighted by Gasteiger charge is 2.16. The molecule has 1 aromatic rings. The third-order valence-corrected chi connectivity index (χ3v) is 3.04. The van der Waals surface area contributed by atoms with E-state index in [1.165, 1.54) is 0 Å². The summed E-state index contributed by atoms with van der Waals surface area (Å²) in [4.78, 5) is 11.8. The second-order valence-electron chi connectivity index (χ2n) is 4.27. The maximum absolute atomic E-state index is 11.8. The molecule has 0 aliphatic carbocycles. The molecule has 92 valence electrons. The Morgan fingerprint density at radius 3 is 2.82 bits per heavy atom. The number of ketones is 1. The summed E-state index contributed by atoms with van der Waals surface area (Å²) < 4.78 is 5.32. The molecule has 1 N–H and O–H groups in total. The van der Waals surface area contributed by atoms with E-state index in [2.05, 4.69) is 5.32 Å². The van der Waals surface area contributed by atoms with Gasteiger partial charge < -0.3 is 10.1 Å². The zero-order valence-corrected chi connectivity index (χ0v) is 10.4. The highest BCUT2D eigenvalue weighted by Crippen LogP contribution is 2.11. The summed E-state index contributed by atoms with van der Waals surface area (Å²) in [6.07, 6.45) is 0.998. The summed E-state index contributed by atoms with van der Waals surface area (Å²) in [6, 6.07) is 7.58. The minimum atomic E-state index is 0.170. The van der Waals surface area contributed by atoms with Gasteiger partial charge in [-0.05, 0) is 17.7 Å². The van der Waals surface area contributed by atoms with Gasteiger partial charge in [-0.2, -0.15) is 0 Å². The predicted octanol–water partition coefficient (Wildman–Crippen LogP) is 1.83. The highest BCUT2D eigenvalue weighted by atomic mass is 35.5. The number of hydrogen-bond donors (Lipinski definition) is 1. The van der Waals surface area contributed by atoms with Crippen LogP contribution in [-0.4, -0.2) is 31.6 Å². The van der Waals surface area contributed by atoms with E-state index in [4.69, 9.17) is 16.3 Å². The molecule has 0 aromatic heterocycles. The SMILES string of the molecule is O=C(Cc1ccc(Cl)cc1)CC1COCCN1. The Morgan fingerprint density at radius 2 is 2.18 bits per heavy atom. The predicted molar refractivity (Wildman–Crippen MR) is 67.4 cm³/mol. The van der Waals surface area contributed by atoms with Crippen LogP contribution in [0.5, 0.6) is 0 Å². The molecule has 0 bridgehead atoms. The van der Waals surface area contributed by atoms with Gasteiger partial charge in [0.2, 0.25) is 0 Å². The van der Waals surface area contributed by atoms with Crippen LogP contribution in [0.25, 0.3) is 0 Å². The Bertz CT molecular complexity index is 372. The van der Waals surface area contributed by atoms with Gasteiger partial charge in [-0.3, -0.25) is 4.79 Å². The molecular weight excluding hydrogens is 238 g/mol. The average Bonchev–Trinajstić information content (AvgIpc) is 2.33. The van der Waals surface area contributed by atoms with Crippen LogP contribution in [0.4, 0.5) is 0 Å². The topological polar surface area (TPSA) is 38.3 Å². The van der Waals surface area contributed by atoms with E-state index in [1.54, 1.807) is 0 Å². The van der Waals surface area contributed by atoms with E-state index in [1.807, 2.05) is 24.3 Å². The summed E-state index contributed by atoms with van der Waals surface area (Å²) in [5.74, 6) is 0.232. The quantitative estimate of drug-likeness (QED) is 0.890. The maximum atomic E-state index is 11.8. The monoisotopic (exact) mass is 253 g/mol. The van der Waals surface area contributed by atoms with Crippen LogP contribution < -0.4 is 5.32 Å². The van der Waals surface area contributed by atoms with E-state index < -0.39 is 0 Å². The molecular formula is C13H16ClNO2. The zero-order valence-electron chi connectivity index (χ0n) is 9.62. The fourth-order valence-corrected chi connectivity index (χ4v) is 2.05. The van der Waals surface area contributed by atoms with Gasteiger partial charge in [0.05, 0.1) is 13.2 Å². The van der Waals surface area contributed by atoms with Gasteiger partial charge in [-0.1, -0.05) is 23.7 Å². The van der Waals surface area contributed by atoms with Crippen molar-refractivity contribution in [2.24, 2.45) is 0 Å². The normalized spacial score (nSPS) is 20.2. The van der Waals surface area contributed by atoms with Crippen molar-refractivity contribution >= 4 is 17.4 Å². The van der Waals surface area contributed by atoms with Crippen LogP contribution in [0.1, 0.15) is 12.0 Å². The number of Topliss-reactive ketones (excluding diaryl/α,β-unsaturated/α-hetero) is 1. The Morgan fingerprint density at radius 1 is 1.41 bits per heavy atom. The molecule has 0 saturated carbocycles. The molecule has 1 aliphatic rings. The van der Waals surface area contributed by atoms with Crippen LogP contribution >= 0.6 is 11.6 Å². The minimum Gasteiger partial charge on any atom is -0.379 e. The minimum absolute atomic E-state index is 0.170. The van der Waals surface area contributed by atoms with Gasteiger partial charge in [-0.15, -0.1) is 0 Å². The van der Waals surface area contributed by atoms with Crippen molar-refractivity contribution in [3.05, 3.63) is 34.9 Å². The summed E-state index contributed by atoms with van der Waals surface area (Å²) in [5, 5.41) is 3.98. The fraction of sp³-hybridized carbons (Fsp3) is 0.462. The largest absolute Gasteiger partial charge is 0.379 e. The average molecular weight is 254 g/mol. The van der Waals surface area contributed by atoms with E-state index >= 15 is 0 Å². The number of hydrogen-bond acceptors (Lipinski definition) is 3. The van der Waals surface area contributed by atoms with Crippen molar-refractivity contribution in [2.45, 2.75) is 18.9 Å². The lowest BCUT2D eigenvalue weighted by Crippen LogP contribution is -2.42. The molecule has 1 atom stereocenters. The van der Waals surface area contributed by atoms with Crippen molar-refractivity contribution in [2.75, 3.05) is 19.8 Å². The number of benzene rings is 1. The summed E-state index contributed by atoms with van der Waals surface area (Å²) >= 11 is 5.79. The summed E-state index contributed by atoms with van der Waals surface area (Å²) in [6.45, 7) is 2.20. The lowest BCUT2D eigenvalue weighted by atomic mass is 10.0. The van der Waals surface area contributed by atoms with E-state index in [0.717, 1.165) is 18.7 Å². The molecule has 0 amide bonds. The third kappa shape index (κ3) is 4.11. The first-order chi connectivity index (χ1) is 8.24. The molecule has 0 radical (unpaired) electrons. The van der Waals surface area contributed by atoms with Crippen LogP contribution in [-0.2, 0) is 16.0 Å². The van der Waals surface area contributed by atoms with Gasteiger partial charge in [0.1, 0.15) is 5.78 Å². The van der Waals surface area contributed by atoms with Crippen molar-refractivity contribution in [3.8, 4) is 0 Å². The molecule has 1 heterocycles. The van der Waals surface area contributed by atoms with E-state index in [0.29, 0.717) is 24.5 Å². The Kier molecular flexibility index (Phi) is 4.54. The fourth-order valence-electron chi connectivity index (χ4n) is 1.93.